The van der Waals surface area contributed by atoms with Gasteiger partial charge in [0.05, 0.1) is 16.5 Å². The zero-order chi connectivity index (χ0) is 13.6. The van der Waals surface area contributed by atoms with Crippen LogP contribution in [0, 0.1) is 0 Å². The smallest absolute Gasteiger partial charge is 0.150 e. The molecule has 0 saturated carbocycles. The Morgan fingerprint density at radius 3 is 2.67 bits per heavy atom. The van der Waals surface area contributed by atoms with E-state index in [-0.39, 0.29) is 17.5 Å². The Balaban J connectivity index is 2.55. The molecule has 0 saturated heterocycles. The zero-order valence-electron chi connectivity index (χ0n) is 10.7. The van der Waals surface area contributed by atoms with Gasteiger partial charge in [0.25, 0.3) is 0 Å². The van der Waals surface area contributed by atoms with Gasteiger partial charge in [0, 0.05) is 18.0 Å². The lowest BCUT2D eigenvalue weighted by molar-refractivity contribution is 0.524. The molecular formula is C12H19ClN2O2S. The average molecular weight is 291 g/mol. The first-order valence-corrected chi connectivity index (χ1v) is 8.17. The van der Waals surface area contributed by atoms with E-state index in [1.165, 1.54) is 0 Å². The fourth-order valence-electron chi connectivity index (χ4n) is 1.69. The average Bonchev–Trinajstić information content (AvgIpc) is 2.36. The number of sulfone groups is 1. The third kappa shape index (κ3) is 4.92. The number of hydrogen-bond acceptors (Lipinski definition) is 4. The van der Waals surface area contributed by atoms with Crippen LogP contribution in [0.15, 0.2) is 18.3 Å². The minimum absolute atomic E-state index is 0.0642. The van der Waals surface area contributed by atoms with Crippen molar-refractivity contribution in [3.8, 4) is 0 Å². The number of rotatable bonds is 7. The summed E-state index contributed by atoms with van der Waals surface area (Å²) < 4.78 is 22.8. The van der Waals surface area contributed by atoms with Gasteiger partial charge in [-0.2, -0.15) is 0 Å². The van der Waals surface area contributed by atoms with Gasteiger partial charge in [-0.3, -0.25) is 4.98 Å². The van der Waals surface area contributed by atoms with E-state index in [4.69, 9.17) is 11.6 Å². The molecule has 4 nitrogen and oxygen atoms in total. The molecule has 0 aliphatic carbocycles. The molecule has 1 atom stereocenters. The molecule has 6 heteroatoms. The number of nitrogens with zero attached hydrogens (tertiary/aromatic N) is 1. The molecule has 0 fully saturated rings. The van der Waals surface area contributed by atoms with Gasteiger partial charge in [0.15, 0.2) is 0 Å². The summed E-state index contributed by atoms with van der Waals surface area (Å²) in [6.07, 6.45) is 2.97. The summed E-state index contributed by atoms with van der Waals surface area (Å²) in [6.45, 7) is 1.67. The molecule has 1 aromatic rings. The third-order valence-corrected chi connectivity index (χ3v) is 4.86. The Labute approximate surface area is 114 Å². The molecule has 1 rings (SSSR count). The highest BCUT2D eigenvalue weighted by atomic mass is 35.5. The molecule has 1 aromatic heterocycles. The van der Waals surface area contributed by atoms with E-state index < -0.39 is 9.84 Å². The second-order valence-corrected chi connectivity index (χ2v) is 7.03. The number of aromatic nitrogens is 1. The van der Waals surface area contributed by atoms with Crippen LogP contribution in [0.3, 0.4) is 0 Å². The largest absolute Gasteiger partial charge is 0.312 e. The lowest BCUT2D eigenvalue weighted by Gasteiger charge is -2.15. The van der Waals surface area contributed by atoms with E-state index in [0.29, 0.717) is 11.4 Å². The number of pyridine rings is 1. The van der Waals surface area contributed by atoms with Crippen molar-refractivity contribution in [2.75, 3.05) is 18.6 Å². The van der Waals surface area contributed by atoms with Gasteiger partial charge in [-0.15, -0.1) is 0 Å². The highest BCUT2D eigenvalue weighted by Gasteiger charge is 2.13. The lowest BCUT2D eigenvalue weighted by atomic mass is 10.1. The molecule has 1 heterocycles. The van der Waals surface area contributed by atoms with Crippen LogP contribution >= 0.6 is 11.6 Å². The van der Waals surface area contributed by atoms with Crippen LogP contribution in [-0.2, 0) is 9.84 Å². The second-order valence-electron chi connectivity index (χ2n) is 4.12. The molecule has 0 aromatic carbocycles. The molecule has 1 N–H and O–H groups in total. The predicted molar refractivity (Wildman–Crippen MR) is 74.6 cm³/mol. The van der Waals surface area contributed by atoms with E-state index in [1.807, 2.05) is 13.1 Å². The minimum atomic E-state index is -2.88. The number of nitrogens with one attached hydrogen (secondary N) is 1. The van der Waals surface area contributed by atoms with E-state index in [0.717, 1.165) is 12.1 Å². The van der Waals surface area contributed by atoms with Gasteiger partial charge in [0.2, 0.25) is 0 Å². The van der Waals surface area contributed by atoms with Crippen LogP contribution in [0.1, 0.15) is 31.5 Å². The van der Waals surface area contributed by atoms with Gasteiger partial charge in [0.1, 0.15) is 9.84 Å². The molecule has 0 aliphatic rings. The highest BCUT2D eigenvalue weighted by molar-refractivity contribution is 7.91. The summed E-state index contributed by atoms with van der Waals surface area (Å²) in [4.78, 5) is 4.24. The fourth-order valence-corrected chi connectivity index (χ4v) is 2.69. The van der Waals surface area contributed by atoms with E-state index in [9.17, 15) is 8.42 Å². The molecule has 102 valence electrons. The quantitative estimate of drug-likeness (QED) is 0.836. The van der Waals surface area contributed by atoms with Gasteiger partial charge in [-0.25, -0.2) is 8.42 Å². The SMILES string of the molecule is CCS(=O)(=O)CCCC(NC)c1ccc(Cl)cn1. The lowest BCUT2D eigenvalue weighted by Crippen LogP contribution is -2.19. The summed E-state index contributed by atoms with van der Waals surface area (Å²) in [5.74, 6) is 0.436. The van der Waals surface area contributed by atoms with Crippen LogP contribution in [0.25, 0.3) is 0 Å². The topological polar surface area (TPSA) is 59.1 Å². The van der Waals surface area contributed by atoms with Gasteiger partial charge in [-0.05, 0) is 32.0 Å². The molecule has 0 radical (unpaired) electrons. The summed E-state index contributed by atoms with van der Waals surface area (Å²) in [7, 11) is -1.04. The van der Waals surface area contributed by atoms with Crippen molar-refractivity contribution < 1.29 is 8.42 Å². The maximum Gasteiger partial charge on any atom is 0.150 e. The van der Waals surface area contributed by atoms with Gasteiger partial charge in [-0.1, -0.05) is 18.5 Å². The predicted octanol–water partition coefficient (Wildman–Crippen LogP) is 2.21. The van der Waals surface area contributed by atoms with Crippen LogP contribution in [-0.4, -0.2) is 32.0 Å². The molecule has 1 unspecified atom stereocenters. The molecule has 18 heavy (non-hydrogen) atoms. The first-order chi connectivity index (χ1) is 8.48. The first-order valence-electron chi connectivity index (χ1n) is 5.97. The number of hydrogen-bond donors (Lipinski definition) is 1. The van der Waals surface area contributed by atoms with Crippen molar-refractivity contribution in [2.24, 2.45) is 0 Å². The van der Waals surface area contributed by atoms with Crippen molar-refractivity contribution in [1.29, 1.82) is 0 Å². The van der Waals surface area contributed by atoms with E-state index in [1.54, 1.807) is 19.2 Å². The van der Waals surface area contributed by atoms with Crippen LogP contribution in [0.5, 0.6) is 0 Å². The van der Waals surface area contributed by atoms with Crippen LogP contribution in [0.2, 0.25) is 5.02 Å². The summed E-state index contributed by atoms with van der Waals surface area (Å²) in [5.41, 5.74) is 0.885. The van der Waals surface area contributed by atoms with Crippen molar-refractivity contribution in [3.63, 3.8) is 0 Å². The Morgan fingerprint density at radius 1 is 1.44 bits per heavy atom. The van der Waals surface area contributed by atoms with Crippen LogP contribution in [0.4, 0.5) is 0 Å². The van der Waals surface area contributed by atoms with Crippen molar-refractivity contribution in [2.45, 2.75) is 25.8 Å². The molecule has 0 bridgehead atoms. The van der Waals surface area contributed by atoms with Crippen molar-refractivity contribution >= 4 is 21.4 Å². The molecule has 0 aliphatic heterocycles. The third-order valence-electron chi connectivity index (χ3n) is 2.84. The minimum Gasteiger partial charge on any atom is -0.312 e. The molecule has 0 spiro atoms. The van der Waals surface area contributed by atoms with E-state index >= 15 is 0 Å². The zero-order valence-corrected chi connectivity index (χ0v) is 12.3. The van der Waals surface area contributed by atoms with E-state index in [2.05, 4.69) is 10.3 Å². The van der Waals surface area contributed by atoms with Crippen molar-refractivity contribution in [1.82, 2.24) is 10.3 Å². The Bertz CT molecular complexity index is 459. The number of halogens is 1. The summed E-state index contributed by atoms with van der Waals surface area (Å²) in [6, 6.07) is 3.71. The summed E-state index contributed by atoms with van der Waals surface area (Å²) in [5, 5.41) is 3.74. The highest BCUT2D eigenvalue weighted by Crippen LogP contribution is 2.18. The molecule has 0 amide bonds. The van der Waals surface area contributed by atoms with Gasteiger partial charge >= 0.3 is 0 Å². The Morgan fingerprint density at radius 2 is 2.17 bits per heavy atom. The van der Waals surface area contributed by atoms with Crippen molar-refractivity contribution in [3.05, 3.63) is 29.0 Å². The van der Waals surface area contributed by atoms with Gasteiger partial charge < -0.3 is 5.32 Å². The maximum atomic E-state index is 11.4. The first kappa shape index (κ1) is 15.4. The normalized spacial score (nSPS) is 13.5. The summed E-state index contributed by atoms with van der Waals surface area (Å²) >= 11 is 5.78. The van der Waals surface area contributed by atoms with Crippen LogP contribution < -0.4 is 5.32 Å². The Hall–Kier alpha value is -0.650. The maximum absolute atomic E-state index is 11.4. The Kier molecular flexibility index (Phi) is 6.05. The second kappa shape index (κ2) is 7.07. The monoisotopic (exact) mass is 290 g/mol. The molecular weight excluding hydrogens is 272 g/mol. The fraction of sp³-hybridized carbons (Fsp3) is 0.583. The standard InChI is InChI=1S/C12H19ClN2O2S/c1-3-18(16,17)8-4-5-11(14-2)12-7-6-10(13)9-15-12/h6-7,9,11,14H,3-5,8H2,1-2H3.